The zero-order valence-electron chi connectivity index (χ0n) is 17.4. The SMILES string of the molecule is C[C@H](Nc1cc(-c2c(N)nn3cccnc23)nc(N2CC[C@@H](F)C2)n1)c1ccc(F)cc1.[HH].[HH]. The minimum atomic E-state index is -0.916. The molecular formula is C22H26F2N8. The largest absolute Gasteiger partial charge is 0.382 e. The molecule has 1 saturated heterocycles. The maximum Gasteiger partial charge on any atom is 0.227 e. The second-order valence-corrected chi connectivity index (χ2v) is 7.84. The van der Waals surface area contributed by atoms with Crippen LogP contribution >= 0.6 is 0 Å². The van der Waals surface area contributed by atoms with Crippen molar-refractivity contribution in [1.29, 1.82) is 0 Å². The number of benzene rings is 1. The summed E-state index contributed by atoms with van der Waals surface area (Å²) in [6.45, 7) is 2.71. The Labute approximate surface area is 186 Å². The lowest BCUT2D eigenvalue weighted by atomic mass is 10.1. The van der Waals surface area contributed by atoms with E-state index in [0.717, 1.165) is 5.56 Å². The van der Waals surface area contributed by atoms with Crippen molar-refractivity contribution in [3.63, 3.8) is 0 Å². The maximum atomic E-state index is 13.9. The fourth-order valence-corrected chi connectivity index (χ4v) is 3.88. The molecule has 8 nitrogen and oxygen atoms in total. The number of alkyl halides is 1. The highest BCUT2D eigenvalue weighted by molar-refractivity contribution is 5.85. The molecule has 0 saturated carbocycles. The first kappa shape index (κ1) is 20.1. The summed E-state index contributed by atoms with van der Waals surface area (Å²) in [5, 5.41) is 7.66. The third-order valence-corrected chi connectivity index (χ3v) is 5.54. The molecule has 0 aliphatic carbocycles. The lowest BCUT2D eigenvalue weighted by Gasteiger charge is -2.20. The number of hydrogen-bond donors (Lipinski definition) is 2. The van der Waals surface area contributed by atoms with Crippen LogP contribution in [0.1, 0.15) is 27.8 Å². The Balaban J connectivity index is 0.00000162. The number of nitrogens with zero attached hydrogens (tertiary/aromatic N) is 6. The van der Waals surface area contributed by atoms with Crippen molar-refractivity contribution in [2.24, 2.45) is 0 Å². The summed E-state index contributed by atoms with van der Waals surface area (Å²) >= 11 is 0. The molecular weight excluding hydrogens is 414 g/mol. The first-order valence-corrected chi connectivity index (χ1v) is 10.4. The second-order valence-electron chi connectivity index (χ2n) is 7.84. The standard InChI is InChI=1S/C22H22F2N8.2H2/c1-13(14-3-5-15(23)6-4-14)27-18-11-17(28-22(29-18)31-10-7-16(24)12-31)19-20(25)30-32-9-2-8-26-21(19)32;;/h2-6,8-9,11,13,16H,7,10,12H2,1H3,(H2,25,30)(H,27,28,29);2*1H/t13-,16+;;/m0../s1. The first-order chi connectivity index (χ1) is 15.5. The monoisotopic (exact) mass is 440 g/mol. The van der Waals surface area contributed by atoms with Gasteiger partial charge in [-0.25, -0.2) is 23.3 Å². The molecule has 0 spiro atoms. The minimum absolute atomic E-state index is 0. The summed E-state index contributed by atoms with van der Waals surface area (Å²) in [7, 11) is 0. The van der Waals surface area contributed by atoms with Crippen molar-refractivity contribution in [3.05, 3.63) is 60.2 Å². The quantitative estimate of drug-likeness (QED) is 0.482. The van der Waals surface area contributed by atoms with Crippen molar-refractivity contribution < 1.29 is 11.6 Å². The normalized spacial score (nSPS) is 17.1. The third kappa shape index (κ3) is 3.79. The van der Waals surface area contributed by atoms with Gasteiger partial charge in [0.15, 0.2) is 11.5 Å². The van der Waals surface area contributed by atoms with E-state index in [0.29, 0.717) is 41.6 Å². The van der Waals surface area contributed by atoms with Gasteiger partial charge in [-0.3, -0.25) is 0 Å². The molecule has 2 atom stereocenters. The molecule has 168 valence electrons. The van der Waals surface area contributed by atoms with Crippen molar-refractivity contribution in [2.75, 3.05) is 29.0 Å². The Kier molecular flexibility index (Phi) is 5.04. The summed E-state index contributed by atoms with van der Waals surface area (Å²) in [5.74, 6) is 0.944. The number of nitrogens with one attached hydrogen (secondary N) is 1. The number of fused-ring (bicyclic) bond motifs is 1. The van der Waals surface area contributed by atoms with Crippen molar-refractivity contribution in [1.82, 2.24) is 24.6 Å². The lowest BCUT2D eigenvalue weighted by Crippen LogP contribution is -2.23. The van der Waals surface area contributed by atoms with E-state index < -0.39 is 6.17 Å². The van der Waals surface area contributed by atoms with Crippen molar-refractivity contribution in [2.45, 2.75) is 25.6 Å². The van der Waals surface area contributed by atoms with E-state index in [1.165, 1.54) is 12.1 Å². The van der Waals surface area contributed by atoms with Crippen LogP contribution in [0.25, 0.3) is 16.9 Å². The molecule has 3 N–H and O–H groups in total. The highest BCUT2D eigenvalue weighted by Crippen LogP contribution is 2.32. The van der Waals surface area contributed by atoms with E-state index >= 15 is 0 Å². The van der Waals surface area contributed by atoms with Crippen LogP contribution in [0.2, 0.25) is 0 Å². The molecule has 32 heavy (non-hydrogen) atoms. The van der Waals surface area contributed by atoms with Gasteiger partial charge in [0.1, 0.15) is 17.8 Å². The highest BCUT2D eigenvalue weighted by Gasteiger charge is 2.26. The predicted octanol–water partition coefficient (Wildman–Crippen LogP) is 4.12. The number of rotatable bonds is 5. The number of halogens is 2. The van der Waals surface area contributed by atoms with E-state index in [-0.39, 0.29) is 27.1 Å². The predicted molar refractivity (Wildman–Crippen MR) is 123 cm³/mol. The molecule has 1 aromatic carbocycles. The zero-order valence-corrected chi connectivity index (χ0v) is 17.4. The van der Waals surface area contributed by atoms with E-state index in [4.69, 9.17) is 5.73 Å². The van der Waals surface area contributed by atoms with Crippen LogP contribution in [0.3, 0.4) is 0 Å². The van der Waals surface area contributed by atoms with Crippen LogP contribution in [-0.2, 0) is 0 Å². The van der Waals surface area contributed by atoms with Crippen LogP contribution < -0.4 is 16.0 Å². The first-order valence-electron chi connectivity index (χ1n) is 10.4. The van der Waals surface area contributed by atoms with Crippen molar-refractivity contribution in [3.8, 4) is 11.3 Å². The summed E-state index contributed by atoms with van der Waals surface area (Å²) in [6.07, 6.45) is 2.93. The minimum Gasteiger partial charge on any atom is -0.382 e. The van der Waals surface area contributed by atoms with Gasteiger partial charge in [-0.05, 0) is 37.1 Å². The van der Waals surface area contributed by atoms with Crippen LogP contribution in [0.15, 0.2) is 48.8 Å². The Morgan fingerprint density at radius 2 is 2.06 bits per heavy atom. The van der Waals surface area contributed by atoms with Gasteiger partial charge in [-0.15, -0.1) is 5.10 Å². The molecule has 4 aromatic rings. The zero-order chi connectivity index (χ0) is 22.2. The molecule has 0 unspecified atom stereocenters. The molecule has 5 rings (SSSR count). The van der Waals surface area contributed by atoms with Gasteiger partial charge in [0.2, 0.25) is 5.95 Å². The third-order valence-electron chi connectivity index (χ3n) is 5.54. The topological polar surface area (TPSA) is 97.3 Å². The summed E-state index contributed by atoms with van der Waals surface area (Å²) in [4.78, 5) is 15.5. The summed E-state index contributed by atoms with van der Waals surface area (Å²) in [5.41, 5.74) is 8.80. The van der Waals surface area contributed by atoms with Gasteiger partial charge in [-0.2, -0.15) is 4.98 Å². The Morgan fingerprint density at radius 1 is 1.25 bits per heavy atom. The molecule has 4 heterocycles. The number of nitrogen functional groups attached to an aromatic ring is 1. The molecule has 3 aromatic heterocycles. The van der Waals surface area contributed by atoms with E-state index in [9.17, 15) is 8.78 Å². The van der Waals surface area contributed by atoms with Crippen LogP contribution in [0.5, 0.6) is 0 Å². The summed E-state index contributed by atoms with van der Waals surface area (Å²) < 4.78 is 28.8. The smallest absolute Gasteiger partial charge is 0.227 e. The Hall–Kier alpha value is -3.82. The average Bonchev–Trinajstić information content (AvgIpc) is 3.36. The lowest BCUT2D eigenvalue weighted by molar-refractivity contribution is 0.364. The van der Waals surface area contributed by atoms with Gasteiger partial charge in [0.25, 0.3) is 0 Å². The van der Waals surface area contributed by atoms with Crippen LogP contribution in [-0.4, -0.2) is 43.8 Å². The van der Waals surface area contributed by atoms with Gasteiger partial charge >= 0.3 is 0 Å². The van der Waals surface area contributed by atoms with Crippen LogP contribution in [0.4, 0.5) is 26.4 Å². The van der Waals surface area contributed by atoms with Gasteiger partial charge in [0.05, 0.1) is 17.8 Å². The fraction of sp³-hybridized carbons (Fsp3) is 0.273. The molecule has 1 aliphatic rings. The fourth-order valence-electron chi connectivity index (χ4n) is 3.88. The van der Waals surface area contributed by atoms with E-state index in [1.807, 2.05) is 11.8 Å². The van der Waals surface area contributed by atoms with E-state index in [1.54, 1.807) is 41.2 Å². The number of nitrogens with two attached hydrogens (primary N) is 1. The molecule has 1 fully saturated rings. The second kappa shape index (κ2) is 8.03. The number of anilines is 3. The average molecular weight is 441 g/mol. The summed E-state index contributed by atoms with van der Waals surface area (Å²) in [6, 6.07) is 9.65. The maximum absolute atomic E-state index is 13.9. The van der Waals surface area contributed by atoms with Crippen LogP contribution in [0, 0.1) is 5.82 Å². The molecule has 0 radical (unpaired) electrons. The highest BCUT2D eigenvalue weighted by atomic mass is 19.1. The van der Waals surface area contributed by atoms with Gasteiger partial charge < -0.3 is 16.0 Å². The van der Waals surface area contributed by atoms with Gasteiger partial charge in [-0.1, -0.05) is 12.1 Å². The number of aromatic nitrogens is 5. The van der Waals surface area contributed by atoms with E-state index in [2.05, 4.69) is 25.4 Å². The Morgan fingerprint density at radius 3 is 2.81 bits per heavy atom. The number of hydrogen-bond acceptors (Lipinski definition) is 7. The molecule has 10 heteroatoms. The van der Waals surface area contributed by atoms with Gasteiger partial charge in [0, 0.05) is 33.9 Å². The molecule has 1 aliphatic heterocycles. The molecule has 0 bridgehead atoms. The Bertz CT molecular complexity index is 1270. The molecule has 0 amide bonds. The van der Waals surface area contributed by atoms with Crippen molar-refractivity contribution >= 4 is 23.2 Å².